The van der Waals surface area contributed by atoms with Gasteiger partial charge in [0.1, 0.15) is 5.82 Å². The van der Waals surface area contributed by atoms with Crippen molar-refractivity contribution in [2.75, 3.05) is 19.5 Å². The van der Waals surface area contributed by atoms with Crippen LogP contribution in [0.15, 0.2) is 24.3 Å². The summed E-state index contributed by atoms with van der Waals surface area (Å²) in [6.45, 7) is 0.153. The second kappa shape index (κ2) is 5.57. The van der Waals surface area contributed by atoms with Gasteiger partial charge in [-0.15, -0.1) is 0 Å². The molecule has 0 unspecified atom stereocenters. The highest BCUT2D eigenvalue weighted by Gasteiger charge is 2.21. The SMILES string of the molecule is COc1c(-c2cc(N)n(CCO)n2)cccc1[N+](=O)[O-]. The third kappa shape index (κ3) is 2.41. The summed E-state index contributed by atoms with van der Waals surface area (Å²) in [6, 6.07) is 6.15. The third-order valence-corrected chi connectivity index (χ3v) is 2.79. The highest BCUT2D eigenvalue weighted by molar-refractivity contribution is 5.74. The highest BCUT2D eigenvalue weighted by atomic mass is 16.6. The molecule has 0 fully saturated rings. The van der Waals surface area contributed by atoms with Crippen molar-refractivity contribution >= 4 is 11.5 Å². The molecular formula is C12H14N4O4. The predicted octanol–water partition coefficient (Wildman–Crippen LogP) is 1.04. The first-order valence-corrected chi connectivity index (χ1v) is 5.84. The van der Waals surface area contributed by atoms with Crippen molar-refractivity contribution in [3.05, 3.63) is 34.4 Å². The van der Waals surface area contributed by atoms with Crippen LogP contribution in [0.5, 0.6) is 5.75 Å². The summed E-state index contributed by atoms with van der Waals surface area (Å²) in [6.07, 6.45) is 0. The number of hydrogen-bond acceptors (Lipinski definition) is 6. The molecule has 0 bridgehead atoms. The molecule has 106 valence electrons. The van der Waals surface area contributed by atoms with E-state index in [0.29, 0.717) is 17.1 Å². The van der Waals surface area contributed by atoms with Gasteiger partial charge in [-0.3, -0.25) is 10.1 Å². The van der Waals surface area contributed by atoms with E-state index < -0.39 is 4.92 Å². The van der Waals surface area contributed by atoms with Crippen molar-refractivity contribution in [2.45, 2.75) is 6.54 Å². The number of benzene rings is 1. The molecule has 0 amide bonds. The molecule has 1 aromatic carbocycles. The molecule has 0 aliphatic rings. The number of aromatic nitrogens is 2. The molecule has 1 heterocycles. The largest absolute Gasteiger partial charge is 0.490 e. The summed E-state index contributed by atoms with van der Waals surface area (Å²) in [4.78, 5) is 10.5. The Morgan fingerprint density at radius 3 is 2.90 bits per heavy atom. The molecule has 0 saturated heterocycles. The van der Waals surface area contributed by atoms with Crippen molar-refractivity contribution in [3.63, 3.8) is 0 Å². The van der Waals surface area contributed by atoms with Crippen LogP contribution in [-0.4, -0.2) is 33.5 Å². The van der Waals surface area contributed by atoms with Crippen LogP contribution in [-0.2, 0) is 6.54 Å². The fourth-order valence-corrected chi connectivity index (χ4v) is 1.92. The van der Waals surface area contributed by atoms with E-state index in [4.69, 9.17) is 15.6 Å². The first kappa shape index (κ1) is 13.8. The maximum Gasteiger partial charge on any atom is 0.311 e. The maximum atomic E-state index is 11.0. The van der Waals surface area contributed by atoms with Gasteiger partial charge >= 0.3 is 5.69 Å². The lowest BCUT2D eigenvalue weighted by molar-refractivity contribution is -0.385. The van der Waals surface area contributed by atoms with E-state index in [-0.39, 0.29) is 24.6 Å². The first-order chi connectivity index (χ1) is 9.58. The minimum absolute atomic E-state index is 0.0998. The molecule has 8 heteroatoms. The molecule has 8 nitrogen and oxygen atoms in total. The molecule has 0 aliphatic carbocycles. The maximum absolute atomic E-state index is 11.0. The topological polar surface area (TPSA) is 116 Å². The smallest absolute Gasteiger partial charge is 0.311 e. The van der Waals surface area contributed by atoms with Gasteiger partial charge in [-0.25, -0.2) is 4.68 Å². The molecule has 2 aromatic rings. The minimum Gasteiger partial charge on any atom is -0.490 e. The first-order valence-electron chi connectivity index (χ1n) is 5.84. The molecule has 2 rings (SSSR count). The quantitative estimate of drug-likeness (QED) is 0.623. The molecular weight excluding hydrogens is 264 g/mol. The minimum atomic E-state index is -0.517. The van der Waals surface area contributed by atoms with Gasteiger partial charge in [-0.1, -0.05) is 6.07 Å². The van der Waals surface area contributed by atoms with Gasteiger partial charge < -0.3 is 15.6 Å². The summed E-state index contributed by atoms with van der Waals surface area (Å²) >= 11 is 0. The lowest BCUT2D eigenvalue weighted by Crippen LogP contribution is -2.07. The number of rotatable bonds is 5. The second-order valence-electron chi connectivity index (χ2n) is 4.02. The lowest BCUT2D eigenvalue weighted by Gasteiger charge is -2.06. The Morgan fingerprint density at radius 2 is 2.30 bits per heavy atom. The lowest BCUT2D eigenvalue weighted by atomic mass is 10.1. The van der Waals surface area contributed by atoms with E-state index in [1.165, 1.54) is 17.9 Å². The Hall–Kier alpha value is -2.61. The van der Waals surface area contributed by atoms with Crippen LogP contribution in [0, 0.1) is 10.1 Å². The Bertz CT molecular complexity index is 638. The number of anilines is 1. The number of aliphatic hydroxyl groups excluding tert-OH is 1. The monoisotopic (exact) mass is 278 g/mol. The van der Waals surface area contributed by atoms with E-state index in [9.17, 15) is 10.1 Å². The zero-order chi connectivity index (χ0) is 14.7. The van der Waals surface area contributed by atoms with Crippen LogP contribution in [0.1, 0.15) is 0 Å². The van der Waals surface area contributed by atoms with Crippen molar-refractivity contribution in [3.8, 4) is 17.0 Å². The van der Waals surface area contributed by atoms with Crippen molar-refractivity contribution in [2.24, 2.45) is 0 Å². The Morgan fingerprint density at radius 1 is 1.55 bits per heavy atom. The van der Waals surface area contributed by atoms with E-state index >= 15 is 0 Å². The molecule has 3 N–H and O–H groups in total. The number of ether oxygens (including phenoxy) is 1. The number of nitrogens with zero attached hydrogens (tertiary/aromatic N) is 3. The van der Waals surface area contributed by atoms with E-state index in [0.717, 1.165) is 0 Å². The summed E-state index contributed by atoms with van der Waals surface area (Å²) in [5.74, 6) is 0.494. The summed E-state index contributed by atoms with van der Waals surface area (Å²) in [7, 11) is 1.36. The summed E-state index contributed by atoms with van der Waals surface area (Å²) in [5, 5.41) is 24.1. The van der Waals surface area contributed by atoms with Gasteiger partial charge in [0.15, 0.2) is 0 Å². The Balaban J connectivity index is 2.55. The summed E-state index contributed by atoms with van der Waals surface area (Å²) < 4.78 is 6.54. The van der Waals surface area contributed by atoms with Crippen LogP contribution in [0.3, 0.4) is 0 Å². The summed E-state index contributed by atoms with van der Waals surface area (Å²) in [5.41, 5.74) is 6.56. The Labute approximate surface area is 114 Å². The number of hydrogen-bond donors (Lipinski definition) is 2. The predicted molar refractivity (Wildman–Crippen MR) is 72.4 cm³/mol. The Kier molecular flexibility index (Phi) is 3.85. The highest BCUT2D eigenvalue weighted by Crippen LogP contribution is 2.37. The number of nitrogen functional groups attached to an aromatic ring is 1. The zero-order valence-corrected chi connectivity index (χ0v) is 10.8. The second-order valence-corrected chi connectivity index (χ2v) is 4.02. The van der Waals surface area contributed by atoms with E-state index in [2.05, 4.69) is 5.10 Å². The van der Waals surface area contributed by atoms with E-state index in [1.54, 1.807) is 18.2 Å². The van der Waals surface area contributed by atoms with Crippen molar-refractivity contribution in [1.82, 2.24) is 9.78 Å². The number of para-hydroxylation sites is 1. The zero-order valence-electron chi connectivity index (χ0n) is 10.8. The normalized spacial score (nSPS) is 10.5. The third-order valence-electron chi connectivity index (χ3n) is 2.79. The van der Waals surface area contributed by atoms with Crippen LogP contribution < -0.4 is 10.5 Å². The average molecular weight is 278 g/mol. The van der Waals surface area contributed by atoms with Crippen LogP contribution in [0.25, 0.3) is 11.3 Å². The number of nitro groups is 1. The van der Waals surface area contributed by atoms with Gasteiger partial charge in [-0.2, -0.15) is 5.10 Å². The molecule has 20 heavy (non-hydrogen) atoms. The number of methoxy groups -OCH3 is 1. The number of nitro benzene ring substituents is 1. The molecule has 0 spiro atoms. The standard InChI is InChI=1S/C12H14N4O4/c1-20-12-8(3-2-4-10(12)16(18)19)9-7-11(13)15(14-9)5-6-17/h2-4,7,17H,5-6,13H2,1H3. The molecule has 0 radical (unpaired) electrons. The molecule has 1 aromatic heterocycles. The van der Waals surface area contributed by atoms with Gasteiger partial charge in [0.05, 0.1) is 36.4 Å². The molecule has 0 saturated carbocycles. The number of nitrogens with two attached hydrogens (primary N) is 1. The fourth-order valence-electron chi connectivity index (χ4n) is 1.92. The van der Waals surface area contributed by atoms with Crippen LogP contribution in [0.4, 0.5) is 11.5 Å². The molecule has 0 atom stereocenters. The van der Waals surface area contributed by atoms with Gasteiger partial charge in [0, 0.05) is 12.1 Å². The van der Waals surface area contributed by atoms with Gasteiger partial charge in [-0.05, 0) is 6.07 Å². The van der Waals surface area contributed by atoms with Crippen molar-refractivity contribution < 1.29 is 14.8 Å². The van der Waals surface area contributed by atoms with Crippen molar-refractivity contribution in [1.29, 1.82) is 0 Å². The molecule has 0 aliphatic heterocycles. The van der Waals surface area contributed by atoms with Gasteiger partial charge in [0.2, 0.25) is 5.75 Å². The van der Waals surface area contributed by atoms with E-state index in [1.807, 2.05) is 0 Å². The number of aliphatic hydroxyl groups is 1. The van der Waals surface area contributed by atoms with Crippen LogP contribution in [0.2, 0.25) is 0 Å². The fraction of sp³-hybridized carbons (Fsp3) is 0.250. The van der Waals surface area contributed by atoms with Crippen LogP contribution >= 0.6 is 0 Å². The average Bonchev–Trinajstić information content (AvgIpc) is 2.79. The van der Waals surface area contributed by atoms with Gasteiger partial charge in [0.25, 0.3) is 0 Å².